The predicted octanol–water partition coefficient (Wildman–Crippen LogP) is 4.25. The van der Waals surface area contributed by atoms with E-state index in [2.05, 4.69) is 10.4 Å². The highest BCUT2D eigenvalue weighted by atomic mass is 19.1. The van der Waals surface area contributed by atoms with Gasteiger partial charge in [-0.25, -0.2) is 4.39 Å². The Bertz CT molecular complexity index is 916. The molecule has 0 saturated heterocycles. The molecule has 0 atom stereocenters. The third-order valence-corrected chi connectivity index (χ3v) is 4.15. The molecule has 5 heteroatoms. The fourth-order valence-corrected chi connectivity index (χ4v) is 2.86. The number of amides is 1. The second-order valence-electron chi connectivity index (χ2n) is 6.13. The maximum Gasteiger partial charge on any atom is 0.259 e. The molecule has 0 aliphatic heterocycles. The first kappa shape index (κ1) is 16.9. The normalized spacial score (nSPS) is 10.7. The van der Waals surface area contributed by atoms with Crippen LogP contribution >= 0.6 is 0 Å². The Hall–Kier alpha value is -2.95. The van der Waals surface area contributed by atoms with Gasteiger partial charge in [-0.2, -0.15) is 5.10 Å². The molecule has 0 radical (unpaired) electrons. The average molecular weight is 337 g/mol. The molecule has 0 saturated carbocycles. The summed E-state index contributed by atoms with van der Waals surface area (Å²) in [5.41, 5.74) is 4.03. The molecule has 128 valence electrons. The summed E-state index contributed by atoms with van der Waals surface area (Å²) in [6.07, 6.45) is 0. The maximum absolute atomic E-state index is 13.9. The lowest BCUT2D eigenvalue weighted by atomic mass is 10.1. The van der Waals surface area contributed by atoms with Crippen LogP contribution in [0.15, 0.2) is 48.5 Å². The van der Waals surface area contributed by atoms with Crippen LogP contribution in [0, 0.1) is 26.6 Å². The molecule has 1 aromatic heterocycles. The first-order chi connectivity index (χ1) is 12.0. The standard InChI is InChI=1S/C20H20FN3O/c1-13-9-10-17(21)18(11-13)22-20(25)19-14(2)23-24(15(19)3)12-16-7-5-4-6-8-16/h4-11H,12H2,1-3H3,(H,22,25). The lowest BCUT2D eigenvalue weighted by Gasteiger charge is -2.08. The first-order valence-corrected chi connectivity index (χ1v) is 8.11. The molecule has 0 spiro atoms. The summed E-state index contributed by atoms with van der Waals surface area (Å²) in [5.74, 6) is -0.801. The van der Waals surface area contributed by atoms with Gasteiger partial charge in [0.2, 0.25) is 0 Å². The highest BCUT2D eigenvalue weighted by Gasteiger charge is 2.20. The van der Waals surface area contributed by atoms with E-state index in [0.29, 0.717) is 17.8 Å². The zero-order valence-corrected chi connectivity index (χ0v) is 14.5. The van der Waals surface area contributed by atoms with Crippen LogP contribution in [0.2, 0.25) is 0 Å². The number of hydrogen-bond acceptors (Lipinski definition) is 2. The number of anilines is 1. The van der Waals surface area contributed by atoms with Gasteiger partial charge in [-0.05, 0) is 44.0 Å². The quantitative estimate of drug-likeness (QED) is 0.774. The lowest BCUT2D eigenvalue weighted by Crippen LogP contribution is -2.15. The maximum atomic E-state index is 13.9. The Labute approximate surface area is 146 Å². The van der Waals surface area contributed by atoms with Crippen LogP contribution in [0.5, 0.6) is 0 Å². The van der Waals surface area contributed by atoms with Gasteiger partial charge in [-0.1, -0.05) is 36.4 Å². The molecule has 0 aliphatic carbocycles. The first-order valence-electron chi connectivity index (χ1n) is 8.11. The predicted molar refractivity (Wildman–Crippen MR) is 96.3 cm³/mol. The van der Waals surface area contributed by atoms with Gasteiger partial charge in [0.25, 0.3) is 5.91 Å². The molecule has 1 N–H and O–H groups in total. The van der Waals surface area contributed by atoms with Crippen LogP contribution in [-0.4, -0.2) is 15.7 Å². The molecule has 0 fully saturated rings. The Morgan fingerprint density at radius 3 is 2.56 bits per heavy atom. The number of halogens is 1. The minimum atomic E-state index is -0.453. The van der Waals surface area contributed by atoms with Crippen LogP contribution in [0.3, 0.4) is 0 Å². The number of carbonyl (C=O) groups excluding carboxylic acids is 1. The minimum absolute atomic E-state index is 0.180. The van der Waals surface area contributed by atoms with Crippen LogP contribution in [0.25, 0.3) is 0 Å². The second kappa shape index (κ2) is 6.89. The molecule has 0 bridgehead atoms. The van der Waals surface area contributed by atoms with Crippen molar-refractivity contribution in [2.24, 2.45) is 0 Å². The minimum Gasteiger partial charge on any atom is -0.319 e. The van der Waals surface area contributed by atoms with E-state index in [-0.39, 0.29) is 11.6 Å². The molecule has 1 heterocycles. The van der Waals surface area contributed by atoms with Gasteiger partial charge in [-0.15, -0.1) is 0 Å². The topological polar surface area (TPSA) is 46.9 Å². The van der Waals surface area contributed by atoms with E-state index in [4.69, 9.17) is 0 Å². The monoisotopic (exact) mass is 337 g/mol. The molecule has 3 rings (SSSR count). The van der Waals surface area contributed by atoms with Crippen molar-refractivity contribution in [2.45, 2.75) is 27.3 Å². The highest BCUT2D eigenvalue weighted by Crippen LogP contribution is 2.20. The zero-order chi connectivity index (χ0) is 18.0. The lowest BCUT2D eigenvalue weighted by molar-refractivity contribution is 0.102. The number of benzene rings is 2. The third kappa shape index (κ3) is 3.60. The smallest absolute Gasteiger partial charge is 0.259 e. The number of nitrogens with zero attached hydrogens (tertiary/aromatic N) is 2. The molecule has 3 aromatic rings. The van der Waals surface area contributed by atoms with Gasteiger partial charge in [0.05, 0.1) is 23.5 Å². The number of rotatable bonds is 4. The average Bonchev–Trinajstić information content (AvgIpc) is 2.86. The van der Waals surface area contributed by atoms with Gasteiger partial charge in [0, 0.05) is 5.69 Å². The van der Waals surface area contributed by atoms with Crippen molar-refractivity contribution >= 4 is 11.6 Å². The fraction of sp³-hybridized carbons (Fsp3) is 0.200. The van der Waals surface area contributed by atoms with Gasteiger partial charge < -0.3 is 5.32 Å². The van der Waals surface area contributed by atoms with Crippen LogP contribution < -0.4 is 5.32 Å². The molecule has 0 aliphatic rings. The number of aryl methyl sites for hydroxylation is 2. The van der Waals surface area contributed by atoms with E-state index in [9.17, 15) is 9.18 Å². The Kier molecular flexibility index (Phi) is 4.65. The van der Waals surface area contributed by atoms with E-state index in [1.54, 1.807) is 23.7 Å². The summed E-state index contributed by atoms with van der Waals surface area (Å²) >= 11 is 0. The molecular weight excluding hydrogens is 317 g/mol. The molecule has 25 heavy (non-hydrogen) atoms. The number of nitrogens with one attached hydrogen (secondary N) is 1. The fourth-order valence-electron chi connectivity index (χ4n) is 2.86. The zero-order valence-electron chi connectivity index (χ0n) is 14.5. The van der Waals surface area contributed by atoms with Crippen LogP contribution in [-0.2, 0) is 6.54 Å². The van der Waals surface area contributed by atoms with Crippen LogP contribution in [0.1, 0.15) is 32.9 Å². The van der Waals surface area contributed by atoms with Crippen molar-refractivity contribution in [3.63, 3.8) is 0 Å². The summed E-state index contributed by atoms with van der Waals surface area (Å²) < 4.78 is 15.7. The van der Waals surface area contributed by atoms with Crippen molar-refractivity contribution in [1.82, 2.24) is 9.78 Å². The third-order valence-electron chi connectivity index (χ3n) is 4.15. The molecule has 2 aromatic carbocycles. The Morgan fingerprint density at radius 1 is 1.12 bits per heavy atom. The number of hydrogen-bond donors (Lipinski definition) is 1. The van der Waals surface area contributed by atoms with Crippen LogP contribution in [0.4, 0.5) is 10.1 Å². The Morgan fingerprint density at radius 2 is 1.84 bits per heavy atom. The summed E-state index contributed by atoms with van der Waals surface area (Å²) in [5, 5.41) is 7.13. The summed E-state index contributed by atoms with van der Waals surface area (Å²) in [6.45, 7) is 6.07. The summed E-state index contributed by atoms with van der Waals surface area (Å²) in [4.78, 5) is 12.7. The van der Waals surface area contributed by atoms with Crippen molar-refractivity contribution in [1.29, 1.82) is 0 Å². The van der Waals surface area contributed by atoms with Crippen molar-refractivity contribution in [2.75, 3.05) is 5.32 Å². The van der Waals surface area contributed by atoms with E-state index < -0.39 is 5.82 Å². The van der Waals surface area contributed by atoms with Gasteiger partial charge in [0.15, 0.2) is 0 Å². The van der Waals surface area contributed by atoms with E-state index in [1.165, 1.54) is 6.07 Å². The molecule has 0 unspecified atom stereocenters. The molecule has 1 amide bonds. The van der Waals surface area contributed by atoms with E-state index >= 15 is 0 Å². The molecule has 4 nitrogen and oxygen atoms in total. The van der Waals surface area contributed by atoms with Crippen molar-refractivity contribution in [3.8, 4) is 0 Å². The Balaban J connectivity index is 1.87. The summed E-state index contributed by atoms with van der Waals surface area (Å²) in [6, 6.07) is 14.6. The summed E-state index contributed by atoms with van der Waals surface area (Å²) in [7, 11) is 0. The second-order valence-corrected chi connectivity index (χ2v) is 6.13. The van der Waals surface area contributed by atoms with Crippen molar-refractivity contribution in [3.05, 3.63) is 82.4 Å². The number of aromatic nitrogens is 2. The number of carbonyl (C=O) groups is 1. The van der Waals surface area contributed by atoms with Gasteiger partial charge in [0.1, 0.15) is 5.82 Å². The van der Waals surface area contributed by atoms with E-state index in [0.717, 1.165) is 16.8 Å². The SMILES string of the molecule is Cc1ccc(F)c(NC(=O)c2c(C)nn(Cc3ccccc3)c2C)c1. The van der Waals surface area contributed by atoms with E-state index in [1.807, 2.05) is 44.2 Å². The molecular formula is C20H20FN3O. The largest absolute Gasteiger partial charge is 0.319 e. The van der Waals surface area contributed by atoms with Gasteiger partial charge in [-0.3, -0.25) is 9.48 Å². The van der Waals surface area contributed by atoms with Gasteiger partial charge >= 0.3 is 0 Å². The van der Waals surface area contributed by atoms with Crippen molar-refractivity contribution < 1.29 is 9.18 Å². The highest BCUT2D eigenvalue weighted by molar-refractivity contribution is 6.06.